The van der Waals surface area contributed by atoms with Crippen LogP contribution in [0.25, 0.3) is 0 Å². The minimum Gasteiger partial charge on any atom is -0.475 e. The Bertz CT molecular complexity index is 765. The smallest absolute Gasteiger partial charge is 0.270 e. The Kier molecular flexibility index (Phi) is 9.25. The first-order valence-corrected chi connectivity index (χ1v) is 11.5. The van der Waals surface area contributed by atoms with Gasteiger partial charge in [-0.3, -0.25) is 9.18 Å². The third-order valence-corrected chi connectivity index (χ3v) is 6.10. The van der Waals surface area contributed by atoms with E-state index in [1.54, 1.807) is 13.2 Å². The van der Waals surface area contributed by atoms with E-state index in [1.807, 2.05) is 19.9 Å². The van der Waals surface area contributed by atoms with Gasteiger partial charge in [0.25, 0.3) is 5.91 Å². The normalized spacial score (nSPS) is 18.5. The lowest BCUT2D eigenvalue weighted by Crippen LogP contribution is -2.52. The molecule has 0 bridgehead atoms. The Balaban J connectivity index is 1.70. The van der Waals surface area contributed by atoms with Crippen LogP contribution >= 0.6 is 0 Å². The maximum absolute atomic E-state index is 13.0. The van der Waals surface area contributed by atoms with Crippen molar-refractivity contribution in [3.8, 4) is 5.88 Å². The van der Waals surface area contributed by atoms with Crippen LogP contribution in [0.1, 0.15) is 30.8 Å². The largest absolute Gasteiger partial charge is 0.475 e. The average Bonchev–Trinajstić information content (AvgIpc) is 2.75. The summed E-state index contributed by atoms with van der Waals surface area (Å²) in [6.07, 6.45) is 0.484. The van der Waals surface area contributed by atoms with Gasteiger partial charge in [-0.25, -0.2) is 4.98 Å². The number of carbonyl (C=O) groups is 1. The van der Waals surface area contributed by atoms with E-state index in [-0.39, 0.29) is 42.9 Å². The van der Waals surface area contributed by atoms with Gasteiger partial charge in [0.05, 0.1) is 50.7 Å². The van der Waals surface area contributed by atoms with Crippen LogP contribution in [0.4, 0.5) is 10.1 Å². The van der Waals surface area contributed by atoms with Crippen LogP contribution in [0.3, 0.4) is 0 Å². The fraction of sp³-hybridized carbons (Fsp3) is 0.739. The molecule has 1 atom stereocenters. The average molecular weight is 470 g/mol. The Morgan fingerprint density at radius 3 is 2.73 bits per heavy atom. The number of carbonyl (C=O) groups excluding carboxylic acids is 1. The highest BCUT2D eigenvalue weighted by Crippen LogP contribution is 2.34. The topological polar surface area (TPSA) is 102 Å². The van der Waals surface area contributed by atoms with Gasteiger partial charge in [0, 0.05) is 26.8 Å². The molecule has 1 amide bonds. The predicted molar refractivity (Wildman–Crippen MR) is 121 cm³/mol. The number of aromatic nitrogens is 1. The molecule has 0 saturated carbocycles. The van der Waals surface area contributed by atoms with Gasteiger partial charge in [0.15, 0.2) is 0 Å². The van der Waals surface area contributed by atoms with Crippen molar-refractivity contribution in [2.45, 2.75) is 32.4 Å². The van der Waals surface area contributed by atoms with E-state index in [9.17, 15) is 14.3 Å². The minimum atomic E-state index is -0.444. The number of nitrogens with one attached hydrogen (secondary N) is 1. The highest BCUT2D eigenvalue weighted by Gasteiger charge is 2.40. The number of aliphatic hydroxyl groups is 1. The molecule has 0 aliphatic carbocycles. The van der Waals surface area contributed by atoms with Gasteiger partial charge in [-0.1, -0.05) is 13.8 Å². The van der Waals surface area contributed by atoms with Gasteiger partial charge in [-0.05, 0) is 24.5 Å². The second-order valence-corrected chi connectivity index (χ2v) is 9.16. The SMILES string of the molecule is COC1CN(c2ccc(C(=O)NC(COCCCF)C(C)C)nc2OCC2(CO)COC2)C1. The number of ether oxygens (including phenoxy) is 4. The maximum Gasteiger partial charge on any atom is 0.270 e. The third-order valence-electron chi connectivity index (χ3n) is 6.10. The zero-order valence-electron chi connectivity index (χ0n) is 19.7. The zero-order chi connectivity index (χ0) is 23.8. The van der Waals surface area contributed by atoms with E-state index in [4.69, 9.17) is 18.9 Å². The number of hydrogen-bond donors (Lipinski definition) is 2. The molecule has 9 nitrogen and oxygen atoms in total. The number of amides is 1. The number of alkyl halides is 1. The number of anilines is 1. The van der Waals surface area contributed by atoms with E-state index in [1.165, 1.54) is 0 Å². The first-order valence-electron chi connectivity index (χ1n) is 11.5. The quantitative estimate of drug-likeness (QED) is 0.395. The Morgan fingerprint density at radius 2 is 2.15 bits per heavy atom. The summed E-state index contributed by atoms with van der Waals surface area (Å²) in [5, 5.41) is 12.7. The van der Waals surface area contributed by atoms with E-state index >= 15 is 0 Å². The van der Waals surface area contributed by atoms with Crippen LogP contribution in [0.2, 0.25) is 0 Å². The van der Waals surface area contributed by atoms with Gasteiger partial charge in [0.2, 0.25) is 5.88 Å². The Hall–Kier alpha value is -2.01. The molecule has 0 spiro atoms. The van der Waals surface area contributed by atoms with Gasteiger partial charge in [-0.15, -0.1) is 0 Å². The molecular weight excluding hydrogens is 433 g/mol. The maximum atomic E-state index is 13.0. The number of hydrogen-bond acceptors (Lipinski definition) is 8. The highest BCUT2D eigenvalue weighted by molar-refractivity contribution is 5.93. The van der Waals surface area contributed by atoms with Crippen molar-refractivity contribution >= 4 is 11.6 Å². The monoisotopic (exact) mass is 469 g/mol. The number of rotatable bonds is 14. The molecule has 2 aliphatic heterocycles. The molecule has 186 valence electrons. The first kappa shape index (κ1) is 25.6. The van der Waals surface area contributed by atoms with E-state index in [0.29, 0.717) is 51.8 Å². The summed E-state index contributed by atoms with van der Waals surface area (Å²) in [6.45, 7) is 6.62. The number of nitrogens with zero attached hydrogens (tertiary/aromatic N) is 2. The molecule has 1 aromatic heterocycles. The first-order chi connectivity index (χ1) is 15.9. The predicted octanol–water partition coefficient (Wildman–Crippen LogP) is 1.43. The van der Waals surface area contributed by atoms with Crippen molar-refractivity contribution in [1.82, 2.24) is 10.3 Å². The summed E-state index contributed by atoms with van der Waals surface area (Å²) >= 11 is 0. The van der Waals surface area contributed by atoms with E-state index < -0.39 is 12.1 Å². The van der Waals surface area contributed by atoms with Crippen LogP contribution in [0, 0.1) is 11.3 Å². The summed E-state index contributed by atoms with van der Waals surface area (Å²) in [5.74, 6) is 0.142. The Morgan fingerprint density at radius 1 is 1.39 bits per heavy atom. The van der Waals surface area contributed by atoms with E-state index in [0.717, 1.165) is 5.69 Å². The molecule has 2 N–H and O–H groups in total. The summed E-state index contributed by atoms with van der Waals surface area (Å²) in [6, 6.07) is 3.27. The molecule has 0 radical (unpaired) electrons. The van der Waals surface area contributed by atoms with Crippen LogP contribution in [-0.4, -0.2) is 94.7 Å². The van der Waals surface area contributed by atoms with Crippen LogP contribution in [0.15, 0.2) is 12.1 Å². The van der Waals surface area contributed by atoms with Crippen molar-refractivity contribution in [3.05, 3.63) is 17.8 Å². The van der Waals surface area contributed by atoms with Crippen molar-refractivity contribution in [2.24, 2.45) is 11.3 Å². The van der Waals surface area contributed by atoms with Crippen LogP contribution in [-0.2, 0) is 14.2 Å². The van der Waals surface area contributed by atoms with Gasteiger partial charge in [0.1, 0.15) is 18.0 Å². The molecule has 2 aliphatic rings. The van der Waals surface area contributed by atoms with Gasteiger partial charge in [-0.2, -0.15) is 0 Å². The standard InChI is InChI=1S/C23H36FN3O6/c1-16(2)19(11-31-8-4-7-24)25-21(29)18-5-6-20(27-9-17(10-27)30-3)22(26-18)33-15-23(12-28)13-32-14-23/h5-6,16-17,19,28H,4,7-15H2,1-3H3,(H,25,29). The molecule has 3 rings (SSSR count). The summed E-state index contributed by atoms with van der Waals surface area (Å²) in [4.78, 5) is 19.5. The van der Waals surface area contributed by atoms with Gasteiger partial charge < -0.3 is 34.3 Å². The van der Waals surface area contributed by atoms with Gasteiger partial charge >= 0.3 is 0 Å². The fourth-order valence-electron chi connectivity index (χ4n) is 3.53. The van der Waals surface area contributed by atoms with Crippen molar-refractivity contribution in [3.63, 3.8) is 0 Å². The fourth-order valence-corrected chi connectivity index (χ4v) is 3.53. The molecular formula is C23H36FN3O6. The molecule has 0 aromatic carbocycles. The summed E-state index contributed by atoms with van der Waals surface area (Å²) in [7, 11) is 1.68. The zero-order valence-corrected chi connectivity index (χ0v) is 19.7. The second-order valence-electron chi connectivity index (χ2n) is 9.16. The number of methoxy groups -OCH3 is 1. The van der Waals surface area contributed by atoms with Crippen molar-refractivity contribution in [1.29, 1.82) is 0 Å². The minimum absolute atomic E-state index is 0.0452. The molecule has 1 unspecified atom stereocenters. The molecule has 1 aromatic rings. The van der Waals surface area contributed by atoms with Crippen LogP contribution < -0.4 is 15.0 Å². The van der Waals surface area contributed by atoms with E-state index in [2.05, 4.69) is 15.2 Å². The number of aliphatic hydroxyl groups excluding tert-OH is 1. The molecule has 10 heteroatoms. The lowest BCUT2D eigenvalue weighted by Gasteiger charge is -2.41. The molecule has 2 saturated heterocycles. The third kappa shape index (κ3) is 6.53. The van der Waals surface area contributed by atoms with Crippen LogP contribution in [0.5, 0.6) is 5.88 Å². The Labute approximate surface area is 194 Å². The molecule has 2 fully saturated rings. The summed E-state index contributed by atoms with van der Waals surface area (Å²) in [5.41, 5.74) is 0.569. The summed E-state index contributed by atoms with van der Waals surface area (Å²) < 4.78 is 34.4. The lowest BCUT2D eigenvalue weighted by atomic mass is 9.88. The second kappa shape index (κ2) is 11.9. The van der Waals surface area contributed by atoms with Crippen molar-refractivity contribution < 1.29 is 33.2 Å². The number of halogens is 1. The number of pyridine rings is 1. The highest BCUT2D eigenvalue weighted by atomic mass is 19.1. The van der Waals surface area contributed by atoms with Crippen molar-refractivity contribution in [2.75, 3.05) is 71.4 Å². The molecule has 33 heavy (non-hydrogen) atoms. The molecule has 3 heterocycles. The lowest BCUT2D eigenvalue weighted by molar-refractivity contribution is -0.153.